The minimum atomic E-state index is -1.22. The number of primary amides is 1. The number of benzene rings is 2. The van der Waals surface area contributed by atoms with Crippen LogP contribution < -0.4 is 20.5 Å². The van der Waals surface area contributed by atoms with E-state index in [1.807, 2.05) is 38.2 Å². The summed E-state index contributed by atoms with van der Waals surface area (Å²) in [6.07, 6.45) is 3.04. The lowest BCUT2D eigenvalue weighted by Crippen LogP contribution is -2.42. The second-order valence-electron chi connectivity index (χ2n) is 7.53. The molecule has 7 nitrogen and oxygen atoms in total. The molecular weight excluding hydrogens is 384 g/mol. The van der Waals surface area contributed by atoms with Crippen LogP contribution in [-0.4, -0.2) is 30.9 Å². The average Bonchev–Trinajstić information content (AvgIpc) is 3.02. The Bertz CT molecular complexity index is 1090. The van der Waals surface area contributed by atoms with Gasteiger partial charge in [-0.25, -0.2) is 9.59 Å². The maximum Gasteiger partial charge on any atom is 0.336 e. The molecule has 1 aliphatic heterocycles. The van der Waals surface area contributed by atoms with Crippen LogP contribution in [0, 0.1) is 0 Å². The van der Waals surface area contributed by atoms with E-state index in [1.54, 1.807) is 12.1 Å². The van der Waals surface area contributed by atoms with Crippen LogP contribution >= 0.6 is 0 Å². The van der Waals surface area contributed by atoms with E-state index in [-0.39, 0.29) is 17.5 Å². The van der Waals surface area contributed by atoms with Gasteiger partial charge in [0, 0.05) is 23.8 Å². The van der Waals surface area contributed by atoms with E-state index in [4.69, 9.17) is 15.2 Å². The smallest absolute Gasteiger partial charge is 0.336 e. The van der Waals surface area contributed by atoms with E-state index < -0.39 is 23.3 Å². The van der Waals surface area contributed by atoms with Crippen LogP contribution in [0.4, 0.5) is 0 Å². The number of rotatable bonds is 5. The predicted octanol–water partition coefficient (Wildman–Crippen LogP) is 2.21. The SMILES string of the molecule is CNC(C)CCC1(C(N)=O)c2ccccc2-c2ccc3c(c21)OC(=O)/C=C\C(=O)O3. The zero-order valence-corrected chi connectivity index (χ0v) is 16.7. The van der Waals surface area contributed by atoms with Crippen molar-refractivity contribution in [3.8, 4) is 22.6 Å². The number of carbonyl (C=O) groups is 3. The maximum absolute atomic E-state index is 13.1. The highest BCUT2D eigenvalue weighted by molar-refractivity contribution is 6.03. The predicted molar refractivity (Wildman–Crippen MR) is 110 cm³/mol. The molecule has 1 aliphatic carbocycles. The third-order valence-corrected chi connectivity index (χ3v) is 5.86. The summed E-state index contributed by atoms with van der Waals surface area (Å²) in [5.41, 5.74) is 7.60. The highest BCUT2D eigenvalue weighted by atomic mass is 16.6. The first-order valence-corrected chi connectivity index (χ1v) is 9.74. The van der Waals surface area contributed by atoms with Gasteiger partial charge in [0.1, 0.15) is 5.41 Å². The quantitative estimate of drug-likeness (QED) is 0.582. The molecule has 1 amide bonds. The lowest BCUT2D eigenvalue weighted by atomic mass is 9.72. The molecule has 2 aliphatic rings. The largest absolute Gasteiger partial charge is 0.419 e. The van der Waals surface area contributed by atoms with Gasteiger partial charge in [0.15, 0.2) is 11.5 Å². The molecule has 2 atom stereocenters. The van der Waals surface area contributed by atoms with Gasteiger partial charge < -0.3 is 20.5 Å². The molecule has 3 N–H and O–H groups in total. The highest BCUT2D eigenvalue weighted by Crippen LogP contribution is 2.57. The number of nitrogens with two attached hydrogens (primary N) is 1. The first kappa shape index (κ1) is 19.8. The highest BCUT2D eigenvalue weighted by Gasteiger charge is 2.51. The fourth-order valence-electron chi connectivity index (χ4n) is 4.25. The molecule has 30 heavy (non-hydrogen) atoms. The van der Waals surface area contributed by atoms with Crippen LogP contribution in [0.25, 0.3) is 11.1 Å². The third kappa shape index (κ3) is 2.98. The number of esters is 2. The molecule has 0 spiro atoms. The van der Waals surface area contributed by atoms with Crippen molar-refractivity contribution in [3.63, 3.8) is 0 Å². The van der Waals surface area contributed by atoms with E-state index in [1.165, 1.54) is 0 Å². The van der Waals surface area contributed by atoms with Crippen molar-refractivity contribution >= 4 is 17.8 Å². The minimum Gasteiger partial charge on any atom is -0.419 e. The summed E-state index contributed by atoms with van der Waals surface area (Å²) in [5, 5.41) is 3.17. The van der Waals surface area contributed by atoms with Crippen molar-refractivity contribution in [3.05, 3.63) is 59.7 Å². The summed E-state index contributed by atoms with van der Waals surface area (Å²) in [5.74, 6) is -1.83. The Kier molecular flexibility index (Phi) is 4.91. The second kappa shape index (κ2) is 7.42. The molecule has 154 valence electrons. The second-order valence-corrected chi connectivity index (χ2v) is 7.53. The van der Waals surface area contributed by atoms with Crippen LogP contribution in [0.3, 0.4) is 0 Å². The van der Waals surface area contributed by atoms with Crippen LogP contribution in [0.15, 0.2) is 48.6 Å². The van der Waals surface area contributed by atoms with Gasteiger partial charge in [-0.15, -0.1) is 0 Å². The van der Waals surface area contributed by atoms with E-state index in [0.29, 0.717) is 18.4 Å². The van der Waals surface area contributed by atoms with Crippen molar-refractivity contribution in [2.75, 3.05) is 7.05 Å². The number of hydrogen-bond acceptors (Lipinski definition) is 6. The number of nitrogens with one attached hydrogen (secondary N) is 1. The summed E-state index contributed by atoms with van der Waals surface area (Å²) >= 11 is 0. The van der Waals surface area contributed by atoms with Crippen molar-refractivity contribution in [2.24, 2.45) is 5.73 Å². The van der Waals surface area contributed by atoms with E-state index in [0.717, 1.165) is 28.8 Å². The van der Waals surface area contributed by atoms with Crippen molar-refractivity contribution in [1.82, 2.24) is 5.32 Å². The van der Waals surface area contributed by atoms with Crippen LogP contribution in [0.1, 0.15) is 30.9 Å². The zero-order chi connectivity index (χ0) is 21.5. The number of ether oxygens (including phenoxy) is 2. The molecule has 0 saturated carbocycles. The number of fused-ring (bicyclic) bond motifs is 5. The molecule has 0 saturated heterocycles. The molecule has 0 aromatic heterocycles. The molecule has 2 unspecified atom stereocenters. The van der Waals surface area contributed by atoms with Gasteiger partial charge >= 0.3 is 11.9 Å². The van der Waals surface area contributed by atoms with E-state index in [2.05, 4.69) is 5.32 Å². The Morgan fingerprint density at radius 3 is 2.47 bits per heavy atom. The summed E-state index contributed by atoms with van der Waals surface area (Å²) in [7, 11) is 1.85. The minimum absolute atomic E-state index is 0.0577. The van der Waals surface area contributed by atoms with Gasteiger partial charge in [-0.3, -0.25) is 4.79 Å². The average molecular weight is 406 g/mol. The molecule has 2 aromatic rings. The van der Waals surface area contributed by atoms with Gasteiger partial charge in [0.25, 0.3) is 0 Å². The first-order valence-electron chi connectivity index (χ1n) is 9.74. The fraction of sp³-hybridized carbons (Fsp3) is 0.261. The Morgan fingerprint density at radius 1 is 1.07 bits per heavy atom. The van der Waals surface area contributed by atoms with Gasteiger partial charge in [-0.05, 0) is 49.6 Å². The van der Waals surface area contributed by atoms with Gasteiger partial charge in [-0.2, -0.15) is 0 Å². The lowest BCUT2D eigenvalue weighted by molar-refractivity contribution is -0.133. The van der Waals surface area contributed by atoms with Gasteiger partial charge in [0.05, 0.1) is 0 Å². The molecule has 4 rings (SSSR count). The molecule has 7 heteroatoms. The monoisotopic (exact) mass is 406 g/mol. The Labute approximate surface area is 173 Å². The summed E-state index contributed by atoms with van der Waals surface area (Å²) in [4.78, 5) is 37.3. The summed E-state index contributed by atoms with van der Waals surface area (Å²) < 4.78 is 10.9. The topological polar surface area (TPSA) is 108 Å². The van der Waals surface area contributed by atoms with Gasteiger partial charge in [0.2, 0.25) is 5.91 Å². The van der Waals surface area contributed by atoms with Crippen molar-refractivity contribution in [1.29, 1.82) is 0 Å². The Hall–Kier alpha value is -3.45. The molecule has 2 aromatic carbocycles. The first-order chi connectivity index (χ1) is 14.4. The molecule has 0 fully saturated rings. The zero-order valence-electron chi connectivity index (χ0n) is 16.7. The van der Waals surface area contributed by atoms with Gasteiger partial charge in [-0.1, -0.05) is 30.3 Å². The number of carbonyl (C=O) groups excluding carboxylic acids is 3. The number of amides is 1. The Morgan fingerprint density at radius 2 is 1.77 bits per heavy atom. The lowest BCUT2D eigenvalue weighted by Gasteiger charge is -2.31. The molecule has 0 radical (unpaired) electrons. The number of hydrogen-bond donors (Lipinski definition) is 2. The third-order valence-electron chi connectivity index (χ3n) is 5.86. The summed E-state index contributed by atoms with van der Waals surface area (Å²) in [6.45, 7) is 2.01. The van der Waals surface area contributed by atoms with Crippen molar-refractivity contribution < 1.29 is 23.9 Å². The molecule has 1 heterocycles. The fourth-order valence-corrected chi connectivity index (χ4v) is 4.25. The Balaban J connectivity index is 2.01. The van der Waals surface area contributed by atoms with Crippen LogP contribution in [-0.2, 0) is 19.8 Å². The van der Waals surface area contributed by atoms with Crippen molar-refractivity contribution in [2.45, 2.75) is 31.2 Å². The van der Waals surface area contributed by atoms with Crippen LogP contribution in [0.2, 0.25) is 0 Å². The van der Waals surface area contributed by atoms with Crippen LogP contribution in [0.5, 0.6) is 11.5 Å². The normalized spacial score (nSPS) is 21.3. The standard InChI is InChI=1S/C23H22N2O5/c1-13(25-2)11-12-23(22(24)28)16-6-4-3-5-14(16)15-7-8-17-21(20(15)23)30-19(27)10-9-18(26)29-17/h3-10,13,25H,11-12H2,1-2H3,(H2,24,28)/b10-9-. The van der Waals surface area contributed by atoms with E-state index >= 15 is 0 Å². The molecular formula is C23H22N2O5. The summed E-state index contributed by atoms with van der Waals surface area (Å²) in [6, 6.07) is 11.0. The maximum atomic E-state index is 13.1. The molecule has 0 bridgehead atoms. The van der Waals surface area contributed by atoms with E-state index in [9.17, 15) is 14.4 Å².